The van der Waals surface area contributed by atoms with Gasteiger partial charge in [0.1, 0.15) is 0 Å². The summed E-state index contributed by atoms with van der Waals surface area (Å²) in [5, 5.41) is 7.85. The predicted octanol–water partition coefficient (Wildman–Crippen LogP) is 0.182. The molecule has 6 heteroatoms. The van der Waals surface area contributed by atoms with Gasteiger partial charge in [-0.1, -0.05) is 30.3 Å². The molecule has 0 spiro atoms. The molecule has 1 aromatic rings. The van der Waals surface area contributed by atoms with Crippen molar-refractivity contribution in [2.75, 3.05) is 0 Å². The zero-order valence-corrected chi connectivity index (χ0v) is 8.81. The molecule has 86 valence electrons. The monoisotopic (exact) mass is 230 g/mol. The summed E-state index contributed by atoms with van der Waals surface area (Å²) < 4.78 is 0. The number of carbonyl (C=O) groups is 2. The average Bonchev–Trinajstić information content (AvgIpc) is 2.33. The first kappa shape index (κ1) is 10.9. The smallest absolute Gasteiger partial charge is 0.321 e. The summed E-state index contributed by atoms with van der Waals surface area (Å²) >= 11 is 0. The summed E-state index contributed by atoms with van der Waals surface area (Å²) in [4.78, 5) is 22.6. The molecular weight excluding hydrogens is 220 g/mol. The van der Waals surface area contributed by atoms with Gasteiger partial charge in [-0.05, 0) is 11.6 Å². The van der Waals surface area contributed by atoms with Gasteiger partial charge in [0.25, 0.3) is 5.91 Å². The number of nitrogens with one attached hydrogen (secondary N) is 2. The third kappa shape index (κ3) is 2.31. The van der Waals surface area contributed by atoms with Crippen LogP contribution in [0.5, 0.6) is 0 Å². The van der Waals surface area contributed by atoms with Gasteiger partial charge < -0.3 is 5.84 Å². The van der Waals surface area contributed by atoms with Crippen molar-refractivity contribution in [3.8, 4) is 0 Å². The van der Waals surface area contributed by atoms with E-state index in [2.05, 4.69) is 15.7 Å². The second-order valence-corrected chi connectivity index (χ2v) is 3.35. The Morgan fingerprint density at radius 1 is 1.12 bits per heavy atom. The highest BCUT2D eigenvalue weighted by Gasteiger charge is 2.25. The minimum Gasteiger partial charge on any atom is -0.321 e. The first-order valence-electron chi connectivity index (χ1n) is 4.88. The van der Waals surface area contributed by atoms with E-state index in [1.165, 1.54) is 0 Å². The van der Waals surface area contributed by atoms with E-state index in [-0.39, 0.29) is 11.4 Å². The Hall–Kier alpha value is -2.63. The first-order valence-corrected chi connectivity index (χ1v) is 4.88. The summed E-state index contributed by atoms with van der Waals surface area (Å²) in [5.41, 5.74) is 1.04. The highest BCUT2D eigenvalue weighted by molar-refractivity contribution is 6.32. The third-order valence-corrected chi connectivity index (χ3v) is 2.20. The van der Waals surface area contributed by atoms with E-state index in [0.29, 0.717) is 0 Å². The predicted molar refractivity (Wildman–Crippen MR) is 62.7 cm³/mol. The van der Waals surface area contributed by atoms with Crippen LogP contribution in [0.3, 0.4) is 0 Å². The highest BCUT2D eigenvalue weighted by atomic mass is 16.2. The van der Waals surface area contributed by atoms with Crippen LogP contribution in [-0.2, 0) is 4.79 Å². The molecule has 1 aliphatic rings. The molecule has 0 radical (unpaired) electrons. The molecular formula is C11H10N4O2. The lowest BCUT2D eigenvalue weighted by atomic mass is 10.1. The van der Waals surface area contributed by atoms with Gasteiger partial charge in [0.15, 0.2) is 5.84 Å². The minimum atomic E-state index is -0.635. The van der Waals surface area contributed by atoms with E-state index in [9.17, 15) is 9.59 Å². The molecule has 4 N–H and O–H groups in total. The molecule has 1 fully saturated rings. The van der Waals surface area contributed by atoms with E-state index in [1.54, 1.807) is 6.08 Å². The van der Waals surface area contributed by atoms with Crippen LogP contribution in [0.1, 0.15) is 5.56 Å². The quantitative estimate of drug-likeness (QED) is 0.365. The Bertz CT molecular complexity index is 520. The maximum Gasteiger partial charge on any atom is 0.327 e. The Labute approximate surface area is 97.2 Å². The van der Waals surface area contributed by atoms with Crippen molar-refractivity contribution in [2.24, 2.45) is 10.9 Å². The van der Waals surface area contributed by atoms with Crippen molar-refractivity contribution in [1.82, 2.24) is 10.6 Å². The number of amidine groups is 1. The molecule has 1 aromatic carbocycles. The molecule has 1 saturated heterocycles. The number of hydrogen-bond acceptors (Lipinski definition) is 4. The molecule has 0 unspecified atom stereocenters. The molecule has 0 saturated carbocycles. The number of rotatable bonds is 1. The van der Waals surface area contributed by atoms with Crippen LogP contribution >= 0.6 is 0 Å². The van der Waals surface area contributed by atoms with Crippen molar-refractivity contribution in [3.63, 3.8) is 0 Å². The number of carbonyl (C=O) groups excluding carboxylic acids is 2. The SMILES string of the molecule is N/N=C1\NC(=O)NC(=O)C1=Cc1ccccc1. The van der Waals surface area contributed by atoms with E-state index in [0.717, 1.165) is 5.56 Å². The van der Waals surface area contributed by atoms with Gasteiger partial charge in [-0.15, -0.1) is 0 Å². The van der Waals surface area contributed by atoms with Crippen LogP contribution < -0.4 is 16.5 Å². The second kappa shape index (κ2) is 4.48. The van der Waals surface area contributed by atoms with E-state index < -0.39 is 11.9 Å². The summed E-state index contributed by atoms with van der Waals surface area (Å²) in [6.07, 6.45) is 1.60. The lowest BCUT2D eigenvalue weighted by molar-refractivity contribution is -0.116. The van der Waals surface area contributed by atoms with Crippen LogP contribution in [0.2, 0.25) is 0 Å². The fraction of sp³-hybridized carbons (Fsp3) is 0. The number of urea groups is 1. The lowest BCUT2D eigenvalue weighted by Gasteiger charge is -2.16. The van der Waals surface area contributed by atoms with Crippen molar-refractivity contribution >= 4 is 23.8 Å². The maximum atomic E-state index is 11.6. The van der Waals surface area contributed by atoms with Crippen LogP contribution in [0.25, 0.3) is 6.08 Å². The van der Waals surface area contributed by atoms with Crippen LogP contribution in [0, 0.1) is 0 Å². The zero-order chi connectivity index (χ0) is 12.3. The normalized spacial score (nSPS) is 20.2. The van der Waals surface area contributed by atoms with Crippen molar-refractivity contribution in [1.29, 1.82) is 0 Å². The topological polar surface area (TPSA) is 96.6 Å². The number of amides is 3. The van der Waals surface area contributed by atoms with Crippen molar-refractivity contribution in [2.45, 2.75) is 0 Å². The molecule has 17 heavy (non-hydrogen) atoms. The van der Waals surface area contributed by atoms with Crippen molar-refractivity contribution < 1.29 is 9.59 Å². The Morgan fingerprint density at radius 3 is 2.47 bits per heavy atom. The summed E-state index contributed by atoms with van der Waals surface area (Å²) in [6, 6.07) is 8.55. The maximum absolute atomic E-state index is 11.6. The fourth-order valence-corrected chi connectivity index (χ4v) is 1.44. The summed E-state index contributed by atoms with van der Waals surface area (Å²) in [7, 11) is 0. The fourth-order valence-electron chi connectivity index (χ4n) is 1.44. The molecule has 0 bridgehead atoms. The molecule has 1 aliphatic heterocycles. The first-order chi connectivity index (χ1) is 8.20. The average molecular weight is 230 g/mol. The molecule has 6 nitrogen and oxygen atoms in total. The molecule has 0 atom stereocenters. The van der Waals surface area contributed by atoms with Gasteiger partial charge in [0.2, 0.25) is 0 Å². The lowest BCUT2D eigenvalue weighted by Crippen LogP contribution is -2.51. The molecule has 0 aromatic heterocycles. The van der Waals surface area contributed by atoms with Gasteiger partial charge in [0, 0.05) is 0 Å². The molecule has 3 amide bonds. The van der Waals surface area contributed by atoms with Crippen molar-refractivity contribution in [3.05, 3.63) is 41.5 Å². The molecule has 1 heterocycles. The summed E-state index contributed by atoms with van der Waals surface area (Å²) in [6.45, 7) is 0. The van der Waals surface area contributed by atoms with Gasteiger partial charge in [-0.25, -0.2) is 4.79 Å². The van der Waals surface area contributed by atoms with E-state index >= 15 is 0 Å². The number of nitrogens with zero attached hydrogens (tertiary/aromatic N) is 1. The van der Waals surface area contributed by atoms with Gasteiger partial charge in [-0.3, -0.25) is 15.4 Å². The van der Waals surface area contributed by atoms with Gasteiger partial charge >= 0.3 is 6.03 Å². The molecule has 2 rings (SSSR count). The Morgan fingerprint density at radius 2 is 1.82 bits per heavy atom. The van der Waals surface area contributed by atoms with Gasteiger partial charge in [0.05, 0.1) is 5.57 Å². The van der Waals surface area contributed by atoms with Crippen LogP contribution in [0.4, 0.5) is 4.79 Å². The third-order valence-electron chi connectivity index (χ3n) is 2.20. The number of hydrogen-bond donors (Lipinski definition) is 3. The number of nitrogens with two attached hydrogens (primary N) is 1. The number of imide groups is 1. The van der Waals surface area contributed by atoms with Crippen LogP contribution in [0.15, 0.2) is 41.0 Å². The Kier molecular flexibility index (Phi) is 2.87. The standard InChI is InChI=1S/C11H10N4O2/c12-15-9-8(10(16)14-11(17)13-9)6-7-4-2-1-3-5-7/h1-6H,12H2,(H2,13,14,15,16,17). The second-order valence-electron chi connectivity index (χ2n) is 3.35. The zero-order valence-electron chi connectivity index (χ0n) is 8.81. The largest absolute Gasteiger partial charge is 0.327 e. The van der Waals surface area contributed by atoms with Crippen LogP contribution in [-0.4, -0.2) is 17.8 Å². The molecule has 0 aliphatic carbocycles. The number of benzene rings is 1. The minimum absolute atomic E-state index is 0.0580. The van der Waals surface area contributed by atoms with E-state index in [1.807, 2.05) is 30.3 Å². The van der Waals surface area contributed by atoms with Gasteiger partial charge in [-0.2, -0.15) is 5.10 Å². The summed E-state index contributed by atoms with van der Waals surface area (Å²) in [5.74, 6) is 4.66. The highest BCUT2D eigenvalue weighted by Crippen LogP contribution is 2.09. The number of hydrazone groups is 1. The Balaban J connectivity index is 2.39. The van der Waals surface area contributed by atoms with E-state index in [4.69, 9.17) is 5.84 Å².